The zero-order chi connectivity index (χ0) is 19.6. The highest BCUT2D eigenvalue weighted by atomic mass is 16.6. The van der Waals surface area contributed by atoms with Gasteiger partial charge >= 0.3 is 0 Å². The predicted octanol–water partition coefficient (Wildman–Crippen LogP) is 3.07. The fraction of sp³-hybridized carbons (Fsp3) is 0.211. The normalized spacial score (nSPS) is 10.9. The lowest BCUT2D eigenvalue weighted by Gasteiger charge is -2.10. The molecule has 2 aromatic carbocycles. The Kier molecular flexibility index (Phi) is 4.98. The molecular weight excluding hydrogens is 348 g/mol. The lowest BCUT2D eigenvalue weighted by atomic mass is 10.0. The number of non-ortho nitro benzene ring substituents is 1. The van der Waals surface area contributed by atoms with Gasteiger partial charge in [0.05, 0.1) is 22.2 Å². The van der Waals surface area contributed by atoms with E-state index in [9.17, 15) is 19.7 Å². The molecule has 0 saturated carbocycles. The minimum absolute atomic E-state index is 0.144. The van der Waals surface area contributed by atoms with Crippen molar-refractivity contribution in [1.29, 1.82) is 0 Å². The Morgan fingerprint density at radius 1 is 1.22 bits per heavy atom. The highest BCUT2D eigenvalue weighted by Crippen LogP contribution is 2.18. The lowest BCUT2D eigenvalue weighted by molar-refractivity contribution is -0.384. The van der Waals surface area contributed by atoms with E-state index in [0.29, 0.717) is 11.6 Å². The summed E-state index contributed by atoms with van der Waals surface area (Å²) in [5.74, 6) is 0.0327. The third-order valence-corrected chi connectivity index (χ3v) is 4.19. The summed E-state index contributed by atoms with van der Waals surface area (Å²) in [7, 11) is 0. The van der Waals surface area contributed by atoms with Crippen LogP contribution in [0.3, 0.4) is 0 Å². The van der Waals surface area contributed by atoms with Gasteiger partial charge in [-0.3, -0.25) is 24.3 Å². The van der Waals surface area contributed by atoms with Crippen molar-refractivity contribution in [2.24, 2.45) is 0 Å². The molecule has 0 aliphatic rings. The van der Waals surface area contributed by atoms with Gasteiger partial charge in [-0.25, -0.2) is 4.98 Å². The van der Waals surface area contributed by atoms with Gasteiger partial charge in [-0.1, -0.05) is 26.0 Å². The van der Waals surface area contributed by atoms with Gasteiger partial charge in [-0.05, 0) is 29.7 Å². The zero-order valence-electron chi connectivity index (χ0n) is 14.9. The lowest BCUT2D eigenvalue weighted by Crippen LogP contribution is -2.27. The fourth-order valence-electron chi connectivity index (χ4n) is 2.68. The maximum atomic E-state index is 12.5. The summed E-state index contributed by atoms with van der Waals surface area (Å²) in [5, 5.41) is 13.8. The number of nitro groups is 1. The number of nitro benzene ring substituents is 1. The van der Waals surface area contributed by atoms with Gasteiger partial charge in [-0.15, -0.1) is 0 Å². The van der Waals surface area contributed by atoms with Gasteiger partial charge in [0.1, 0.15) is 6.54 Å². The van der Waals surface area contributed by atoms with Crippen LogP contribution in [0.1, 0.15) is 25.3 Å². The largest absolute Gasteiger partial charge is 0.325 e. The number of hydrogen-bond donors (Lipinski definition) is 1. The van der Waals surface area contributed by atoms with Crippen LogP contribution in [-0.4, -0.2) is 20.4 Å². The van der Waals surface area contributed by atoms with E-state index in [-0.39, 0.29) is 29.0 Å². The van der Waals surface area contributed by atoms with Gasteiger partial charge in [0.2, 0.25) is 5.91 Å². The first-order valence-corrected chi connectivity index (χ1v) is 8.38. The Balaban J connectivity index is 1.78. The number of carbonyl (C=O) groups is 1. The second kappa shape index (κ2) is 7.36. The van der Waals surface area contributed by atoms with Crippen molar-refractivity contribution >= 4 is 28.2 Å². The number of nitrogens with zero attached hydrogens (tertiary/aromatic N) is 3. The number of anilines is 1. The molecule has 138 valence electrons. The van der Waals surface area contributed by atoms with E-state index in [1.807, 2.05) is 24.3 Å². The van der Waals surface area contributed by atoms with Crippen molar-refractivity contribution in [3.8, 4) is 0 Å². The third-order valence-electron chi connectivity index (χ3n) is 4.19. The number of rotatable bonds is 5. The molecule has 1 heterocycles. The Hall–Kier alpha value is -3.55. The van der Waals surface area contributed by atoms with Crippen LogP contribution in [0.2, 0.25) is 0 Å². The number of hydrogen-bond acceptors (Lipinski definition) is 5. The minimum atomic E-state index is -0.551. The molecule has 0 fully saturated rings. The monoisotopic (exact) mass is 366 g/mol. The van der Waals surface area contributed by atoms with E-state index < -0.39 is 10.5 Å². The Morgan fingerprint density at radius 2 is 1.93 bits per heavy atom. The highest BCUT2D eigenvalue weighted by molar-refractivity contribution is 5.90. The molecule has 1 amide bonds. The molecule has 1 aromatic heterocycles. The van der Waals surface area contributed by atoms with E-state index in [1.54, 1.807) is 0 Å². The summed E-state index contributed by atoms with van der Waals surface area (Å²) in [6.07, 6.45) is 1.22. The first-order valence-electron chi connectivity index (χ1n) is 8.38. The van der Waals surface area contributed by atoms with Crippen LogP contribution in [0.5, 0.6) is 0 Å². The Bertz CT molecular complexity index is 1070. The summed E-state index contributed by atoms with van der Waals surface area (Å²) in [4.78, 5) is 39.1. The number of fused-ring (bicyclic) bond motifs is 1. The first kappa shape index (κ1) is 18.2. The molecule has 0 bridgehead atoms. The third kappa shape index (κ3) is 4.00. The van der Waals surface area contributed by atoms with E-state index in [4.69, 9.17) is 0 Å². The van der Waals surface area contributed by atoms with Crippen LogP contribution < -0.4 is 10.9 Å². The maximum Gasteiger partial charge on any atom is 0.271 e. The molecule has 8 heteroatoms. The minimum Gasteiger partial charge on any atom is -0.325 e. The molecule has 0 spiro atoms. The molecular formula is C19H18N4O4. The topological polar surface area (TPSA) is 107 Å². The second-order valence-electron chi connectivity index (χ2n) is 6.46. The smallest absolute Gasteiger partial charge is 0.271 e. The summed E-state index contributed by atoms with van der Waals surface area (Å²) in [6.45, 7) is 3.97. The van der Waals surface area contributed by atoms with E-state index in [0.717, 1.165) is 5.56 Å². The molecule has 27 heavy (non-hydrogen) atoms. The second-order valence-corrected chi connectivity index (χ2v) is 6.46. The summed E-state index contributed by atoms with van der Waals surface area (Å²) in [5.41, 5.74) is 1.45. The van der Waals surface area contributed by atoms with Crippen LogP contribution in [-0.2, 0) is 11.3 Å². The molecule has 0 aliphatic carbocycles. The number of nitrogens with one attached hydrogen (secondary N) is 1. The average molecular weight is 366 g/mol. The van der Waals surface area contributed by atoms with Gasteiger partial charge in [0, 0.05) is 17.8 Å². The van der Waals surface area contributed by atoms with Gasteiger partial charge < -0.3 is 5.32 Å². The summed E-state index contributed by atoms with van der Waals surface area (Å²) >= 11 is 0. The molecule has 8 nitrogen and oxygen atoms in total. The van der Waals surface area contributed by atoms with Crippen molar-refractivity contribution in [1.82, 2.24) is 9.55 Å². The SMILES string of the molecule is CC(C)c1ccc(NC(=O)Cn2cnc3cc([N+](=O)[O-])ccc3c2=O)cc1. The number of aromatic nitrogens is 2. The van der Waals surface area contributed by atoms with Crippen LogP contribution >= 0.6 is 0 Å². The quantitative estimate of drug-likeness (QED) is 0.551. The molecule has 0 unspecified atom stereocenters. The highest BCUT2D eigenvalue weighted by Gasteiger charge is 2.12. The average Bonchev–Trinajstić information content (AvgIpc) is 2.64. The molecule has 0 saturated heterocycles. The predicted molar refractivity (Wildman–Crippen MR) is 102 cm³/mol. The van der Waals surface area contributed by atoms with Crippen molar-refractivity contribution in [2.45, 2.75) is 26.3 Å². The summed E-state index contributed by atoms with van der Waals surface area (Å²) in [6, 6.07) is 11.3. The number of carbonyl (C=O) groups excluding carboxylic acids is 1. The van der Waals surface area contributed by atoms with Crippen LogP contribution in [0.4, 0.5) is 11.4 Å². The van der Waals surface area contributed by atoms with Crippen molar-refractivity contribution in [3.05, 3.63) is 74.8 Å². The van der Waals surface area contributed by atoms with Crippen molar-refractivity contribution < 1.29 is 9.72 Å². The standard InChI is InChI=1S/C19H18N4O4/c1-12(2)13-3-5-14(6-4-13)21-18(24)10-22-11-20-17-9-15(23(26)27)7-8-16(17)19(22)25/h3-9,11-12H,10H2,1-2H3,(H,21,24). The molecule has 3 aromatic rings. The number of benzene rings is 2. The first-order chi connectivity index (χ1) is 12.8. The molecule has 0 radical (unpaired) electrons. The summed E-state index contributed by atoms with van der Waals surface area (Å²) < 4.78 is 1.17. The zero-order valence-corrected chi connectivity index (χ0v) is 14.9. The van der Waals surface area contributed by atoms with Gasteiger partial charge in [-0.2, -0.15) is 0 Å². The van der Waals surface area contributed by atoms with E-state index in [2.05, 4.69) is 24.1 Å². The van der Waals surface area contributed by atoms with Crippen molar-refractivity contribution in [3.63, 3.8) is 0 Å². The van der Waals surface area contributed by atoms with Crippen LogP contribution in [0.25, 0.3) is 10.9 Å². The van der Waals surface area contributed by atoms with E-state index in [1.165, 1.54) is 29.1 Å². The molecule has 0 atom stereocenters. The fourth-order valence-corrected chi connectivity index (χ4v) is 2.68. The molecule has 3 rings (SSSR count). The molecule has 1 N–H and O–H groups in total. The van der Waals surface area contributed by atoms with Crippen LogP contribution in [0.15, 0.2) is 53.6 Å². The van der Waals surface area contributed by atoms with Crippen LogP contribution in [0, 0.1) is 10.1 Å². The van der Waals surface area contributed by atoms with E-state index >= 15 is 0 Å². The molecule has 0 aliphatic heterocycles. The number of amides is 1. The van der Waals surface area contributed by atoms with Crippen molar-refractivity contribution in [2.75, 3.05) is 5.32 Å². The Morgan fingerprint density at radius 3 is 2.56 bits per heavy atom. The van der Waals surface area contributed by atoms with Gasteiger partial charge in [0.15, 0.2) is 0 Å². The van der Waals surface area contributed by atoms with Gasteiger partial charge in [0.25, 0.3) is 11.2 Å². The maximum absolute atomic E-state index is 12.5. The Labute approximate surface area is 154 Å².